The molecular formula is C17H21N5O9S. The maximum absolute atomic E-state index is 12.5. The van der Waals surface area contributed by atoms with Gasteiger partial charge in [-0.15, -0.1) is 0 Å². The maximum Gasteiger partial charge on any atom is 0.303 e. The summed E-state index contributed by atoms with van der Waals surface area (Å²) in [4.78, 5) is 46.7. The third-order valence-electron chi connectivity index (χ3n) is 4.40. The van der Waals surface area contributed by atoms with Crippen LogP contribution in [0, 0.1) is 0 Å². The number of nitrogens with zero attached hydrogens (tertiary/aromatic N) is 4. The van der Waals surface area contributed by atoms with Crippen LogP contribution in [0.2, 0.25) is 0 Å². The van der Waals surface area contributed by atoms with E-state index in [2.05, 4.69) is 15.0 Å². The number of ether oxygens (including phenoxy) is 4. The van der Waals surface area contributed by atoms with Gasteiger partial charge in [-0.3, -0.25) is 19.0 Å². The van der Waals surface area contributed by atoms with Gasteiger partial charge in [0.1, 0.15) is 19.0 Å². The monoisotopic (exact) mass is 471 g/mol. The Labute approximate surface area is 181 Å². The van der Waals surface area contributed by atoms with Crippen molar-refractivity contribution in [3.63, 3.8) is 0 Å². The van der Waals surface area contributed by atoms with E-state index in [-0.39, 0.29) is 23.6 Å². The Morgan fingerprint density at radius 3 is 2.28 bits per heavy atom. The maximum atomic E-state index is 12.5. The fraction of sp³-hybridized carbons (Fsp3) is 0.529. The minimum absolute atomic E-state index is 0.0187. The van der Waals surface area contributed by atoms with Crippen molar-refractivity contribution < 1.29 is 41.7 Å². The molecule has 1 unspecified atom stereocenters. The van der Waals surface area contributed by atoms with E-state index in [4.69, 9.17) is 24.7 Å². The summed E-state index contributed by atoms with van der Waals surface area (Å²) < 4.78 is 47.5. The number of esters is 3. The normalized spacial score (nSPS) is 23.1. The van der Waals surface area contributed by atoms with Gasteiger partial charge < -0.3 is 24.7 Å². The summed E-state index contributed by atoms with van der Waals surface area (Å²) in [5, 5.41) is -0.489. The molecule has 0 bridgehead atoms. The minimum atomic E-state index is -3.97. The van der Waals surface area contributed by atoms with Gasteiger partial charge in [-0.25, -0.2) is 23.4 Å². The van der Waals surface area contributed by atoms with Crippen molar-refractivity contribution in [2.75, 3.05) is 18.6 Å². The number of anilines is 1. The Balaban J connectivity index is 2.20. The predicted molar refractivity (Wildman–Crippen MR) is 104 cm³/mol. The number of hydrogen-bond acceptors (Lipinski definition) is 13. The summed E-state index contributed by atoms with van der Waals surface area (Å²) in [6.45, 7) is 3.05. The second-order valence-electron chi connectivity index (χ2n) is 6.98. The van der Waals surface area contributed by atoms with Gasteiger partial charge in [0.15, 0.2) is 35.4 Å². The molecule has 2 aromatic rings. The van der Waals surface area contributed by atoms with E-state index in [0.29, 0.717) is 0 Å². The van der Waals surface area contributed by atoms with Crippen LogP contribution in [0.4, 0.5) is 5.82 Å². The molecule has 14 nitrogen and oxygen atoms in total. The number of imidazole rings is 1. The summed E-state index contributed by atoms with van der Waals surface area (Å²) in [5.74, 6) is -2.20. The second kappa shape index (κ2) is 8.66. The summed E-state index contributed by atoms with van der Waals surface area (Å²) in [6, 6.07) is 0. The minimum Gasteiger partial charge on any atom is -0.463 e. The summed E-state index contributed by atoms with van der Waals surface area (Å²) in [5.41, 5.74) is 5.78. The van der Waals surface area contributed by atoms with Crippen LogP contribution in [0.15, 0.2) is 11.5 Å². The summed E-state index contributed by atoms with van der Waals surface area (Å²) in [7, 11) is -3.97. The molecule has 0 amide bonds. The van der Waals surface area contributed by atoms with Crippen LogP contribution in [0.25, 0.3) is 11.2 Å². The third kappa shape index (κ3) is 4.62. The lowest BCUT2D eigenvalue weighted by atomic mass is 10.1. The van der Waals surface area contributed by atoms with Gasteiger partial charge >= 0.3 is 17.9 Å². The first-order valence-corrected chi connectivity index (χ1v) is 11.1. The molecule has 1 aliphatic heterocycles. The van der Waals surface area contributed by atoms with E-state index in [1.54, 1.807) is 0 Å². The molecule has 0 radical (unpaired) electrons. The Bertz CT molecular complexity index is 1180. The molecule has 2 aromatic heterocycles. The number of rotatable bonds is 6. The van der Waals surface area contributed by atoms with Crippen LogP contribution in [-0.4, -0.2) is 77.0 Å². The average molecular weight is 471 g/mol. The lowest BCUT2D eigenvalue weighted by Gasteiger charge is -2.24. The van der Waals surface area contributed by atoms with Crippen molar-refractivity contribution in [3.05, 3.63) is 6.33 Å². The number of nitrogen functional groups attached to an aromatic ring is 1. The van der Waals surface area contributed by atoms with Crippen molar-refractivity contribution >= 4 is 44.7 Å². The van der Waals surface area contributed by atoms with E-state index in [9.17, 15) is 22.8 Å². The highest BCUT2D eigenvalue weighted by Gasteiger charge is 2.52. The van der Waals surface area contributed by atoms with Gasteiger partial charge in [0.05, 0.1) is 0 Å². The predicted octanol–water partition coefficient (Wildman–Crippen LogP) is -0.864. The molecule has 15 heteroatoms. The number of nitrogens with two attached hydrogens (primary N) is 1. The number of carbonyl (C=O) groups excluding carboxylic acids is 3. The molecule has 0 spiro atoms. The quantitative estimate of drug-likeness (QED) is 0.404. The first-order chi connectivity index (χ1) is 14.9. The number of fused-ring (bicyclic) bond motifs is 1. The lowest BCUT2D eigenvalue weighted by Crippen LogP contribution is -2.40. The molecule has 3 rings (SSSR count). The van der Waals surface area contributed by atoms with Gasteiger partial charge in [-0.05, 0) is 0 Å². The van der Waals surface area contributed by atoms with Crippen LogP contribution in [0.5, 0.6) is 0 Å². The molecule has 2 N–H and O–H groups in total. The van der Waals surface area contributed by atoms with E-state index in [0.717, 1.165) is 31.0 Å². The third-order valence-corrected chi connectivity index (χ3v) is 5.35. The Morgan fingerprint density at radius 2 is 1.72 bits per heavy atom. The van der Waals surface area contributed by atoms with Crippen LogP contribution >= 0.6 is 0 Å². The van der Waals surface area contributed by atoms with Crippen molar-refractivity contribution in [2.45, 2.75) is 50.5 Å². The molecule has 174 valence electrons. The SMILES string of the molecule is CC(=O)OC[C@H]1OC(n2c(S(C)(=O)=O)nc3c(N)ncnc32)[C@H](OC(C)=O)[C@@H]1OC(C)=O. The first-order valence-electron chi connectivity index (χ1n) is 9.22. The molecular weight excluding hydrogens is 450 g/mol. The molecule has 1 saturated heterocycles. The number of carbonyl (C=O) groups is 3. The topological polar surface area (TPSA) is 192 Å². The zero-order valence-electron chi connectivity index (χ0n) is 17.5. The fourth-order valence-corrected chi connectivity index (χ4v) is 4.10. The van der Waals surface area contributed by atoms with Gasteiger partial charge in [0.25, 0.3) is 0 Å². The summed E-state index contributed by atoms with van der Waals surface area (Å²) >= 11 is 0. The van der Waals surface area contributed by atoms with Crippen molar-refractivity contribution in [3.8, 4) is 0 Å². The second-order valence-corrected chi connectivity index (χ2v) is 8.89. The number of hydrogen-bond donors (Lipinski definition) is 1. The molecule has 0 saturated carbocycles. The number of aromatic nitrogens is 4. The van der Waals surface area contributed by atoms with Gasteiger partial charge in [-0.2, -0.15) is 0 Å². The molecule has 1 aliphatic rings. The fourth-order valence-electron chi connectivity index (χ4n) is 3.30. The molecule has 32 heavy (non-hydrogen) atoms. The van der Waals surface area contributed by atoms with Crippen molar-refractivity contribution in [1.82, 2.24) is 19.5 Å². The largest absolute Gasteiger partial charge is 0.463 e. The lowest BCUT2D eigenvalue weighted by molar-refractivity contribution is -0.166. The molecule has 4 atom stereocenters. The molecule has 0 aromatic carbocycles. The standard InChI is InChI=1S/C17H21N5O9S/c1-7(23)28-5-10-12(29-8(2)24)13(30-9(3)25)16(31-10)22-15-11(14(18)19-6-20-15)21-17(22)32(4,26)27/h6,10,12-13,16H,5H2,1-4H3,(H2,18,19,20)/t10-,12-,13-,16?/m1/s1. The molecule has 1 fully saturated rings. The van der Waals surface area contributed by atoms with E-state index in [1.165, 1.54) is 6.92 Å². The highest BCUT2D eigenvalue weighted by Crippen LogP contribution is 2.38. The van der Waals surface area contributed by atoms with E-state index >= 15 is 0 Å². The van der Waals surface area contributed by atoms with Gasteiger partial charge in [-0.1, -0.05) is 0 Å². The van der Waals surface area contributed by atoms with Crippen molar-refractivity contribution in [1.29, 1.82) is 0 Å². The van der Waals surface area contributed by atoms with Gasteiger partial charge in [0, 0.05) is 27.0 Å². The Hall–Kier alpha value is -3.33. The zero-order valence-corrected chi connectivity index (χ0v) is 18.4. The average Bonchev–Trinajstić information content (AvgIpc) is 3.19. The van der Waals surface area contributed by atoms with Crippen LogP contribution in [0.1, 0.15) is 27.0 Å². The first kappa shape index (κ1) is 23.3. The molecule has 0 aliphatic carbocycles. The highest BCUT2D eigenvalue weighted by molar-refractivity contribution is 7.90. The van der Waals surface area contributed by atoms with Crippen LogP contribution in [-0.2, 0) is 43.2 Å². The Morgan fingerprint density at radius 1 is 1.09 bits per heavy atom. The van der Waals surface area contributed by atoms with Gasteiger partial charge in [0.2, 0.25) is 15.0 Å². The molecule has 3 heterocycles. The smallest absolute Gasteiger partial charge is 0.303 e. The van der Waals surface area contributed by atoms with E-state index in [1.807, 2.05) is 0 Å². The number of sulfone groups is 1. The van der Waals surface area contributed by atoms with Crippen molar-refractivity contribution in [2.24, 2.45) is 0 Å². The zero-order chi connectivity index (χ0) is 23.8. The summed E-state index contributed by atoms with van der Waals surface area (Å²) in [6.07, 6.45) is -3.02. The van der Waals surface area contributed by atoms with Crippen LogP contribution in [0.3, 0.4) is 0 Å². The van der Waals surface area contributed by atoms with E-state index < -0.39 is 57.4 Å². The van der Waals surface area contributed by atoms with Crippen LogP contribution < -0.4 is 5.73 Å². The Kier molecular flexibility index (Phi) is 6.32. The highest BCUT2D eigenvalue weighted by atomic mass is 32.2.